The van der Waals surface area contributed by atoms with Gasteiger partial charge in [-0.2, -0.15) is 0 Å². The zero-order chi connectivity index (χ0) is 12.9. The normalized spacial score (nSPS) is 14.7. The van der Waals surface area contributed by atoms with Gasteiger partial charge in [0.1, 0.15) is 5.75 Å². The maximum absolute atomic E-state index is 12.5. The Balaban J connectivity index is 2.95. The van der Waals surface area contributed by atoms with Crippen molar-refractivity contribution in [2.45, 2.75) is 38.2 Å². The highest BCUT2D eigenvalue weighted by Gasteiger charge is 2.31. The lowest BCUT2D eigenvalue weighted by atomic mass is 9.86. The second kappa shape index (κ2) is 5.96. The summed E-state index contributed by atoms with van der Waals surface area (Å²) in [5, 5.41) is 10.3. The van der Waals surface area contributed by atoms with Gasteiger partial charge in [-0.1, -0.05) is 25.5 Å². The molecule has 0 bridgehead atoms. The molecule has 0 aliphatic carbocycles. The summed E-state index contributed by atoms with van der Waals surface area (Å²) in [4.78, 5) is 0. The summed E-state index contributed by atoms with van der Waals surface area (Å²) in [6.07, 6.45) is -2.08. The zero-order valence-corrected chi connectivity index (χ0v) is 10.1. The van der Waals surface area contributed by atoms with Crippen molar-refractivity contribution in [3.05, 3.63) is 29.8 Å². The molecule has 4 heteroatoms. The van der Waals surface area contributed by atoms with E-state index in [9.17, 15) is 13.9 Å². The van der Waals surface area contributed by atoms with Crippen molar-refractivity contribution in [1.29, 1.82) is 0 Å². The third-order valence-corrected chi connectivity index (χ3v) is 2.78. The van der Waals surface area contributed by atoms with Crippen LogP contribution < -0.4 is 4.74 Å². The fraction of sp³-hybridized carbons (Fsp3) is 0.538. The van der Waals surface area contributed by atoms with Gasteiger partial charge in [-0.15, -0.1) is 0 Å². The second-order valence-electron chi connectivity index (χ2n) is 4.11. The molecule has 0 radical (unpaired) electrons. The number of hydrogen-bond acceptors (Lipinski definition) is 2. The van der Waals surface area contributed by atoms with Gasteiger partial charge >= 0.3 is 0 Å². The van der Waals surface area contributed by atoms with Crippen molar-refractivity contribution in [3.63, 3.8) is 0 Å². The SMILES string of the molecule is CCCC(O)(CC(F)F)c1ccc(OC)cc1. The lowest BCUT2D eigenvalue weighted by Gasteiger charge is -2.28. The molecule has 0 amide bonds. The van der Waals surface area contributed by atoms with Crippen LogP contribution in [0.3, 0.4) is 0 Å². The standard InChI is InChI=1S/C13H18F2O2/c1-3-8-13(16,9-12(14)15)10-4-6-11(17-2)7-5-10/h4-7,12,16H,3,8-9H2,1-2H3. The van der Waals surface area contributed by atoms with E-state index in [4.69, 9.17) is 4.74 Å². The van der Waals surface area contributed by atoms with Gasteiger partial charge in [-0.25, -0.2) is 8.78 Å². The number of alkyl halides is 2. The van der Waals surface area contributed by atoms with Gasteiger partial charge < -0.3 is 9.84 Å². The van der Waals surface area contributed by atoms with Gasteiger partial charge in [-0.3, -0.25) is 0 Å². The van der Waals surface area contributed by atoms with Crippen LogP contribution in [0.4, 0.5) is 8.78 Å². The van der Waals surface area contributed by atoms with E-state index in [1.165, 1.54) is 7.11 Å². The van der Waals surface area contributed by atoms with Crippen LogP contribution in [0.25, 0.3) is 0 Å². The van der Waals surface area contributed by atoms with E-state index in [0.29, 0.717) is 24.2 Å². The van der Waals surface area contributed by atoms with E-state index >= 15 is 0 Å². The van der Waals surface area contributed by atoms with Crippen LogP contribution in [0.15, 0.2) is 24.3 Å². The Kier molecular flexibility index (Phi) is 4.87. The van der Waals surface area contributed by atoms with E-state index in [2.05, 4.69) is 0 Å². The summed E-state index contributed by atoms with van der Waals surface area (Å²) in [7, 11) is 1.53. The summed E-state index contributed by atoms with van der Waals surface area (Å²) >= 11 is 0. The second-order valence-corrected chi connectivity index (χ2v) is 4.11. The maximum atomic E-state index is 12.5. The minimum absolute atomic E-state index is 0.323. The summed E-state index contributed by atoms with van der Waals surface area (Å²) in [6.45, 7) is 1.86. The van der Waals surface area contributed by atoms with Crippen molar-refractivity contribution >= 4 is 0 Å². The summed E-state index contributed by atoms with van der Waals surface area (Å²) in [6, 6.07) is 6.61. The third-order valence-electron chi connectivity index (χ3n) is 2.78. The Morgan fingerprint density at radius 3 is 2.29 bits per heavy atom. The molecule has 1 rings (SSSR count). The largest absolute Gasteiger partial charge is 0.497 e. The molecule has 0 fully saturated rings. The van der Waals surface area contributed by atoms with Crippen LogP contribution in [0.5, 0.6) is 5.75 Å². The van der Waals surface area contributed by atoms with Crippen molar-refractivity contribution in [1.82, 2.24) is 0 Å². The van der Waals surface area contributed by atoms with E-state index < -0.39 is 18.4 Å². The molecule has 0 aliphatic rings. The molecule has 96 valence electrons. The van der Waals surface area contributed by atoms with E-state index in [0.717, 1.165) is 0 Å². The first-order valence-electron chi connectivity index (χ1n) is 5.67. The van der Waals surface area contributed by atoms with Gasteiger partial charge in [0.25, 0.3) is 0 Å². The summed E-state index contributed by atoms with van der Waals surface area (Å²) in [5.41, 5.74) is -0.935. The number of aliphatic hydroxyl groups is 1. The van der Waals surface area contributed by atoms with Crippen LogP contribution in [0.2, 0.25) is 0 Å². The van der Waals surface area contributed by atoms with Gasteiger partial charge in [0.2, 0.25) is 6.43 Å². The van der Waals surface area contributed by atoms with Crippen molar-refractivity contribution < 1.29 is 18.6 Å². The Hall–Kier alpha value is -1.16. The van der Waals surface area contributed by atoms with Crippen LogP contribution in [-0.2, 0) is 5.60 Å². The number of rotatable bonds is 6. The number of methoxy groups -OCH3 is 1. The highest BCUT2D eigenvalue weighted by molar-refractivity contribution is 5.30. The van der Waals surface area contributed by atoms with Gasteiger partial charge in [0.15, 0.2) is 0 Å². The highest BCUT2D eigenvalue weighted by Crippen LogP contribution is 2.33. The average Bonchev–Trinajstić information content (AvgIpc) is 2.28. The van der Waals surface area contributed by atoms with Gasteiger partial charge in [0, 0.05) is 6.42 Å². The third kappa shape index (κ3) is 3.66. The molecule has 2 nitrogen and oxygen atoms in total. The van der Waals surface area contributed by atoms with Crippen LogP contribution in [0.1, 0.15) is 31.7 Å². The van der Waals surface area contributed by atoms with Gasteiger partial charge in [0.05, 0.1) is 12.7 Å². The van der Waals surface area contributed by atoms with Crippen LogP contribution in [0, 0.1) is 0 Å². The molecule has 1 unspecified atom stereocenters. The Labute approximate surface area is 100 Å². The van der Waals surface area contributed by atoms with Crippen molar-refractivity contribution in [2.24, 2.45) is 0 Å². The van der Waals surface area contributed by atoms with Gasteiger partial charge in [-0.05, 0) is 24.1 Å². The predicted octanol–water partition coefficient (Wildman–Crippen LogP) is 3.34. The zero-order valence-electron chi connectivity index (χ0n) is 10.1. The predicted molar refractivity (Wildman–Crippen MR) is 62.4 cm³/mol. The first-order valence-corrected chi connectivity index (χ1v) is 5.67. The molecule has 1 atom stereocenters. The molecule has 1 aromatic rings. The van der Waals surface area contributed by atoms with Crippen LogP contribution in [-0.4, -0.2) is 18.6 Å². The molecule has 1 aromatic carbocycles. The molecule has 0 saturated carbocycles. The summed E-state index contributed by atoms with van der Waals surface area (Å²) in [5.74, 6) is 0.643. The molecule has 0 saturated heterocycles. The number of halogens is 2. The lowest BCUT2D eigenvalue weighted by molar-refractivity contribution is -0.0334. The first-order chi connectivity index (χ1) is 8.01. The number of benzene rings is 1. The minimum atomic E-state index is -2.52. The smallest absolute Gasteiger partial charge is 0.241 e. The molecular formula is C13H18F2O2. The molecule has 0 heterocycles. The molecule has 0 aliphatic heterocycles. The highest BCUT2D eigenvalue weighted by atomic mass is 19.3. The van der Waals surface area contributed by atoms with E-state index in [1.54, 1.807) is 24.3 Å². The topological polar surface area (TPSA) is 29.5 Å². The number of hydrogen-bond donors (Lipinski definition) is 1. The Bertz CT molecular complexity index is 338. The fourth-order valence-electron chi connectivity index (χ4n) is 1.93. The quantitative estimate of drug-likeness (QED) is 0.831. The van der Waals surface area contributed by atoms with Crippen LogP contribution >= 0.6 is 0 Å². The molecule has 17 heavy (non-hydrogen) atoms. The molecular weight excluding hydrogens is 226 g/mol. The lowest BCUT2D eigenvalue weighted by Crippen LogP contribution is -2.28. The molecule has 1 N–H and O–H groups in total. The minimum Gasteiger partial charge on any atom is -0.497 e. The summed E-state index contributed by atoms with van der Waals surface area (Å²) < 4.78 is 30.0. The average molecular weight is 244 g/mol. The Morgan fingerprint density at radius 2 is 1.88 bits per heavy atom. The van der Waals surface area contributed by atoms with Crippen molar-refractivity contribution in [2.75, 3.05) is 7.11 Å². The fourth-order valence-corrected chi connectivity index (χ4v) is 1.93. The van der Waals surface area contributed by atoms with Crippen molar-refractivity contribution in [3.8, 4) is 5.75 Å². The number of ether oxygens (including phenoxy) is 1. The Morgan fingerprint density at radius 1 is 1.29 bits per heavy atom. The monoisotopic (exact) mass is 244 g/mol. The molecule has 0 aromatic heterocycles. The maximum Gasteiger partial charge on any atom is 0.241 e. The van der Waals surface area contributed by atoms with E-state index in [-0.39, 0.29) is 0 Å². The van der Waals surface area contributed by atoms with E-state index in [1.807, 2.05) is 6.92 Å². The first kappa shape index (κ1) is 13.9. The molecule has 0 spiro atoms.